The average molecular weight is 251 g/mol. The van der Waals surface area contributed by atoms with Gasteiger partial charge in [-0.3, -0.25) is 5.41 Å². The molecule has 2 rings (SSSR count). The minimum atomic E-state index is 0.342. The Hall–Kier alpha value is -0.570. The number of amidine groups is 1. The number of hydrogen-bond acceptors (Lipinski definition) is 2. The molecule has 0 bridgehead atoms. The highest BCUT2D eigenvalue weighted by Crippen LogP contribution is 2.44. The van der Waals surface area contributed by atoms with E-state index >= 15 is 0 Å². The lowest BCUT2D eigenvalue weighted by Gasteiger charge is -2.44. The molecule has 1 spiro atoms. The molecule has 2 aliphatic rings. The second-order valence-corrected chi connectivity index (χ2v) is 6.38. The fraction of sp³-hybridized carbons (Fsp3) is 0.933. The lowest BCUT2D eigenvalue weighted by molar-refractivity contribution is 0.0671. The molecule has 0 atom stereocenters. The van der Waals surface area contributed by atoms with Crippen molar-refractivity contribution in [3.05, 3.63) is 0 Å². The van der Waals surface area contributed by atoms with Gasteiger partial charge in [-0.15, -0.1) is 0 Å². The van der Waals surface area contributed by atoms with Crippen LogP contribution in [-0.2, 0) is 0 Å². The van der Waals surface area contributed by atoms with Crippen LogP contribution < -0.4 is 5.73 Å². The molecule has 1 heterocycles. The van der Waals surface area contributed by atoms with Crippen LogP contribution in [0.15, 0.2) is 0 Å². The first-order valence-electron chi connectivity index (χ1n) is 7.76. The van der Waals surface area contributed by atoms with E-state index in [1.165, 1.54) is 71.0 Å². The Morgan fingerprint density at radius 3 is 2.28 bits per heavy atom. The predicted octanol–water partition coefficient (Wildman–Crippen LogP) is 3.14. The van der Waals surface area contributed by atoms with Crippen LogP contribution in [0.1, 0.15) is 64.2 Å². The minimum absolute atomic E-state index is 0.342. The van der Waals surface area contributed by atoms with E-state index in [-0.39, 0.29) is 0 Å². The molecule has 3 nitrogen and oxygen atoms in total. The third-order valence-electron chi connectivity index (χ3n) is 5.00. The molecular formula is C15H29N3. The molecule has 1 saturated carbocycles. The highest BCUT2D eigenvalue weighted by molar-refractivity contribution is 5.76. The molecule has 0 amide bonds. The molecule has 1 aliphatic heterocycles. The van der Waals surface area contributed by atoms with Gasteiger partial charge in [0, 0.05) is 6.42 Å². The number of unbranched alkanes of at least 4 members (excludes halogenated alkanes) is 1. The van der Waals surface area contributed by atoms with Gasteiger partial charge in [-0.25, -0.2) is 0 Å². The van der Waals surface area contributed by atoms with E-state index < -0.39 is 0 Å². The normalized spacial score (nSPS) is 24.2. The van der Waals surface area contributed by atoms with Crippen LogP contribution in [0.5, 0.6) is 0 Å². The Labute approximate surface area is 112 Å². The molecule has 0 aromatic heterocycles. The third-order valence-corrected chi connectivity index (χ3v) is 5.00. The van der Waals surface area contributed by atoms with Gasteiger partial charge in [-0.1, -0.05) is 19.3 Å². The number of nitrogens with zero attached hydrogens (tertiary/aromatic N) is 1. The quantitative estimate of drug-likeness (QED) is 0.448. The Bertz CT molecular complexity index is 259. The van der Waals surface area contributed by atoms with Gasteiger partial charge >= 0.3 is 0 Å². The molecule has 2 fully saturated rings. The van der Waals surface area contributed by atoms with Crippen molar-refractivity contribution in [1.82, 2.24) is 4.90 Å². The first-order chi connectivity index (χ1) is 8.70. The van der Waals surface area contributed by atoms with Crippen molar-refractivity contribution in [1.29, 1.82) is 5.41 Å². The van der Waals surface area contributed by atoms with E-state index in [0.29, 0.717) is 5.84 Å². The van der Waals surface area contributed by atoms with Crippen LogP contribution in [0.2, 0.25) is 0 Å². The van der Waals surface area contributed by atoms with E-state index in [1.807, 2.05) is 0 Å². The van der Waals surface area contributed by atoms with Gasteiger partial charge in [0.05, 0.1) is 5.84 Å². The molecule has 0 aromatic carbocycles. The van der Waals surface area contributed by atoms with Crippen molar-refractivity contribution in [3.63, 3.8) is 0 Å². The first-order valence-corrected chi connectivity index (χ1v) is 7.76. The average Bonchev–Trinajstić information content (AvgIpc) is 2.38. The van der Waals surface area contributed by atoms with Crippen molar-refractivity contribution in [2.45, 2.75) is 64.2 Å². The molecule has 0 radical (unpaired) electrons. The van der Waals surface area contributed by atoms with Crippen LogP contribution in [0.4, 0.5) is 0 Å². The molecule has 104 valence electrons. The highest BCUT2D eigenvalue weighted by atomic mass is 15.1. The monoisotopic (exact) mass is 251 g/mol. The summed E-state index contributed by atoms with van der Waals surface area (Å²) in [4.78, 5) is 2.62. The second-order valence-electron chi connectivity index (χ2n) is 6.38. The summed E-state index contributed by atoms with van der Waals surface area (Å²) in [5.41, 5.74) is 6.10. The van der Waals surface area contributed by atoms with Crippen molar-refractivity contribution >= 4 is 5.84 Å². The maximum absolute atomic E-state index is 7.21. The molecule has 0 aromatic rings. The van der Waals surface area contributed by atoms with Crippen molar-refractivity contribution in [2.75, 3.05) is 19.6 Å². The maximum Gasteiger partial charge on any atom is 0.0905 e. The van der Waals surface area contributed by atoms with E-state index in [1.54, 1.807) is 0 Å². The van der Waals surface area contributed by atoms with E-state index in [2.05, 4.69) is 4.90 Å². The van der Waals surface area contributed by atoms with Crippen LogP contribution in [0.3, 0.4) is 0 Å². The summed E-state index contributed by atoms with van der Waals surface area (Å²) in [5, 5.41) is 7.21. The Morgan fingerprint density at radius 2 is 1.67 bits per heavy atom. The lowest BCUT2D eigenvalue weighted by Crippen LogP contribution is -2.41. The van der Waals surface area contributed by atoms with Gasteiger partial charge in [0.1, 0.15) is 0 Å². The molecule has 18 heavy (non-hydrogen) atoms. The third kappa shape index (κ3) is 3.98. The SMILES string of the molecule is N=C(N)CCCCN1CCC2(CCCCC2)CC1. The number of rotatable bonds is 5. The van der Waals surface area contributed by atoms with Crippen LogP contribution in [0.25, 0.3) is 0 Å². The van der Waals surface area contributed by atoms with Gasteiger partial charge in [0.2, 0.25) is 0 Å². The Balaban J connectivity index is 1.62. The summed E-state index contributed by atoms with van der Waals surface area (Å²) in [6.45, 7) is 3.82. The number of nitrogens with two attached hydrogens (primary N) is 1. The van der Waals surface area contributed by atoms with Gasteiger partial charge in [0.15, 0.2) is 0 Å². The standard InChI is InChI=1S/C15H29N3/c16-14(17)6-2-5-11-18-12-9-15(10-13-18)7-3-1-4-8-15/h1-13H2,(H3,16,17). The summed E-state index contributed by atoms with van der Waals surface area (Å²) < 4.78 is 0. The topological polar surface area (TPSA) is 53.1 Å². The van der Waals surface area contributed by atoms with E-state index in [4.69, 9.17) is 11.1 Å². The van der Waals surface area contributed by atoms with Crippen molar-refractivity contribution < 1.29 is 0 Å². The van der Waals surface area contributed by atoms with Crippen LogP contribution >= 0.6 is 0 Å². The van der Waals surface area contributed by atoms with Crippen molar-refractivity contribution in [2.24, 2.45) is 11.1 Å². The van der Waals surface area contributed by atoms with Crippen LogP contribution in [-0.4, -0.2) is 30.4 Å². The summed E-state index contributed by atoms with van der Waals surface area (Å²) >= 11 is 0. The molecular weight excluding hydrogens is 222 g/mol. The highest BCUT2D eigenvalue weighted by Gasteiger charge is 2.35. The maximum atomic E-state index is 7.21. The summed E-state index contributed by atoms with van der Waals surface area (Å²) in [5.74, 6) is 0.342. The number of piperidine rings is 1. The minimum Gasteiger partial charge on any atom is -0.388 e. The fourth-order valence-corrected chi connectivity index (χ4v) is 3.70. The molecule has 3 heteroatoms. The number of likely N-dealkylation sites (tertiary alicyclic amines) is 1. The van der Waals surface area contributed by atoms with Crippen molar-refractivity contribution in [3.8, 4) is 0 Å². The first kappa shape index (κ1) is 13.9. The molecule has 1 saturated heterocycles. The smallest absolute Gasteiger partial charge is 0.0905 e. The van der Waals surface area contributed by atoms with E-state index in [0.717, 1.165) is 18.3 Å². The zero-order chi connectivity index (χ0) is 12.8. The van der Waals surface area contributed by atoms with Gasteiger partial charge < -0.3 is 10.6 Å². The Morgan fingerprint density at radius 1 is 1.00 bits per heavy atom. The van der Waals surface area contributed by atoms with E-state index in [9.17, 15) is 0 Å². The fourth-order valence-electron chi connectivity index (χ4n) is 3.70. The zero-order valence-electron chi connectivity index (χ0n) is 11.7. The summed E-state index contributed by atoms with van der Waals surface area (Å²) in [6, 6.07) is 0. The zero-order valence-corrected chi connectivity index (χ0v) is 11.7. The summed E-state index contributed by atoms with van der Waals surface area (Å²) in [7, 11) is 0. The van der Waals surface area contributed by atoms with Crippen LogP contribution in [0, 0.1) is 10.8 Å². The van der Waals surface area contributed by atoms with Gasteiger partial charge in [0.25, 0.3) is 0 Å². The van der Waals surface area contributed by atoms with Gasteiger partial charge in [-0.2, -0.15) is 0 Å². The summed E-state index contributed by atoms with van der Waals surface area (Å²) in [6.07, 6.45) is 13.3. The predicted molar refractivity (Wildman–Crippen MR) is 77.0 cm³/mol. The number of nitrogens with one attached hydrogen (secondary N) is 1. The molecule has 0 unspecified atom stereocenters. The Kier molecular flexibility index (Phi) is 5.04. The van der Waals surface area contributed by atoms with Gasteiger partial charge in [-0.05, 0) is 63.6 Å². The number of hydrogen-bond donors (Lipinski definition) is 2. The lowest BCUT2D eigenvalue weighted by atomic mass is 9.68. The molecule has 1 aliphatic carbocycles. The second kappa shape index (κ2) is 6.55. The molecule has 3 N–H and O–H groups in total. The largest absolute Gasteiger partial charge is 0.388 e.